The molecule has 0 aliphatic rings. The normalized spacial score (nSPS) is 11.0. The number of hydrogen-bond acceptors (Lipinski definition) is 5. The van der Waals surface area contributed by atoms with Gasteiger partial charge in [0.05, 0.1) is 23.5 Å². The van der Waals surface area contributed by atoms with Crippen LogP contribution in [0.4, 0.5) is 11.4 Å². The van der Waals surface area contributed by atoms with Gasteiger partial charge in [-0.1, -0.05) is 11.6 Å². The molecular weight excluding hydrogens is 314 g/mol. The molecule has 0 atom stereocenters. The molecule has 0 radical (unpaired) electrons. The molecule has 0 saturated carbocycles. The summed E-state index contributed by atoms with van der Waals surface area (Å²) in [7, 11) is -0.699. The highest BCUT2D eigenvalue weighted by molar-refractivity contribution is 7.92. The Bertz CT molecular complexity index is 750. The van der Waals surface area contributed by atoms with Crippen molar-refractivity contribution in [1.29, 1.82) is 0 Å². The summed E-state index contributed by atoms with van der Waals surface area (Å²) in [6.07, 6.45) is 2.77. The summed E-state index contributed by atoms with van der Waals surface area (Å²) in [6.45, 7) is 0. The lowest BCUT2D eigenvalue weighted by molar-refractivity contribution is 0.415. The van der Waals surface area contributed by atoms with Crippen LogP contribution < -0.4 is 14.8 Å². The van der Waals surface area contributed by atoms with E-state index in [0.29, 0.717) is 11.4 Å². The summed E-state index contributed by atoms with van der Waals surface area (Å²) >= 11 is 6.01. The minimum absolute atomic E-state index is 0.0337. The Morgan fingerprint density at radius 1 is 1.24 bits per heavy atom. The van der Waals surface area contributed by atoms with Crippen LogP contribution in [0.2, 0.25) is 5.02 Å². The first-order valence-electron chi connectivity index (χ1n) is 5.96. The van der Waals surface area contributed by atoms with Crippen molar-refractivity contribution in [3.05, 3.63) is 41.7 Å². The maximum absolute atomic E-state index is 12.4. The summed E-state index contributed by atoms with van der Waals surface area (Å²) in [5, 5.41) is 3.08. The van der Waals surface area contributed by atoms with E-state index in [1.165, 1.54) is 25.6 Å². The summed E-state index contributed by atoms with van der Waals surface area (Å²) in [5.41, 5.74) is 0.679. The number of hydrogen-bond donors (Lipinski definition) is 2. The maximum Gasteiger partial charge on any atom is 0.265 e. The van der Waals surface area contributed by atoms with Crippen LogP contribution in [0.15, 0.2) is 41.6 Å². The number of nitrogens with one attached hydrogen (secondary N) is 2. The van der Waals surface area contributed by atoms with E-state index in [-0.39, 0.29) is 15.6 Å². The van der Waals surface area contributed by atoms with Crippen LogP contribution in [-0.4, -0.2) is 27.6 Å². The molecule has 2 N–H and O–H groups in total. The van der Waals surface area contributed by atoms with Gasteiger partial charge in [0.15, 0.2) is 0 Å². The average molecular weight is 328 g/mol. The van der Waals surface area contributed by atoms with Crippen LogP contribution in [0.5, 0.6) is 5.75 Å². The standard InChI is InChI=1S/C13H14ClN3O3S/c1-15-11-5-6-16-8-13(11)21(18,19)17-12-7-9(20-2)3-4-10(12)14/h3-8,17H,1-2H3,(H,15,16). The number of benzene rings is 1. The van der Waals surface area contributed by atoms with Gasteiger partial charge in [-0.3, -0.25) is 9.71 Å². The van der Waals surface area contributed by atoms with Gasteiger partial charge < -0.3 is 10.1 Å². The highest BCUT2D eigenvalue weighted by Crippen LogP contribution is 2.30. The molecule has 2 rings (SSSR count). The van der Waals surface area contributed by atoms with E-state index >= 15 is 0 Å². The lowest BCUT2D eigenvalue weighted by Gasteiger charge is -2.13. The molecule has 0 unspecified atom stereocenters. The zero-order chi connectivity index (χ0) is 15.5. The van der Waals surface area contributed by atoms with Crippen LogP contribution >= 0.6 is 11.6 Å². The Balaban J connectivity index is 2.42. The number of aromatic nitrogens is 1. The minimum Gasteiger partial charge on any atom is -0.497 e. The highest BCUT2D eigenvalue weighted by atomic mass is 35.5. The lowest BCUT2D eigenvalue weighted by Crippen LogP contribution is -2.15. The van der Waals surface area contributed by atoms with Crippen LogP contribution in [0.1, 0.15) is 0 Å². The van der Waals surface area contributed by atoms with Gasteiger partial charge in [-0.2, -0.15) is 0 Å². The first kappa shape index (κ1) is 15.4. The fraction of sp³-hybridized carbons (Fsp3) is 0.154. The van der Waals surface area contributed by atoms with Crippen LogP contribution in [0, 0.1) is 0 Å². The topological polar surface area (TPSA) is 80.3 Å². The van der Waals surface area contributed by atoms with E-state index in [4.69, 9.17) is 16.3 Å². The van der Waals surface area contributed by atoms with Gasteiger partial charge in [0.25, 0.3) is 10.0 Å². The summed E-state index contributed by atoms with van der Waals surface area (Å²) < 4.78 is 32.4. The summed E-state index contributed by atoms with van der Waals surface area (Å²) in [6, 6.07) is 6.28. The van der Waals surface area contributed by atoms with Crippen molar-refractivity contribution in [3.8, 4) is 5.75 Å². The third-order valence-electron chi connectivity index (χ3n) is 2.76. The van der Waals surface area contributed by atoms with Gasteiger partial charge in [-0.15, -0.1) is 0 Å². The number of halogens is 1. The first-order chi connectivity index (χ1) is 9.97. The molecule has 1 aromatic carbocycles. The van der Waals surface area contributed by atoms with Gasteiger partial charge in [0.1, 0.15) is 10.6 Å². The number of pyridine rings is 1. The second kappa shape index (κ2) is 6.19. The summed E-state index contributed by atoms with van der Waals surface area (Å²) in [5.74, 6) is 0.497. The molecule has 0 spiro atoms. The van der Waals surface area contributed by atoms with E-state index in [2.05, 4.69) is 15.0 Å². The van der Waals surface area contributed by atoms with Crippen LogP contribution in [-0.2, 0) is 10.0 Å². The third kappa shape index (κ3) is 3.37. The molecule has 6 nitrogen and oxygen atoms in total. The smallest absolute Gasteiger partial charge is 0.265 e. The Morgan fingerprint density at radius 2 is 2.00 bits per heavy atom. The van der Waals surface area contributed by atoms with E-state index in [1.54, 1.807) is 25.2 Å². The number of methoxy groups -OCH3 is 1. The van der Waals surface area contributed by atoms with E-state index < -0.39 is 10.0 Å². The average Bonchev–Trinajstić information content (AvgIpc) is 2.49. The molecule has 1 aromatic heterocycles. The second-order valence-corrected chi connectivity index (χ2v) is 6.13. The fourth-order valence-corrected chi connectivity index (χ4v) is 3.16. The van der Waals surface area contributed by atoms with Crippen LogP contribution in [0.3, 0.4) is 0 Å². The Morgan fingerprint density at radius 3 is 2.67 bits per heavy atom. The number of rotatable bonds is 5. The molecule has 0 fully saturated rings. The van der Waals surface area contributed by atoms with Crippen molar-refractivity contribution in [2.45, 2.75) is 4.90 Å². The highest BCUT2D eigenvalue weighted by Gasteiger charge is 2.20. The molecule has 0 aliphatic carbocycles. The van der Waals surface area contributed by atoms with E-state index in [9.17, 15) is 8.42 Å². The van der Waals surface area contributed by atoms with E-state index in [1.807, 2.05) is 0 Å². The van der Waals surface area contributed by atoms with Crippen molar-refractivity contribution in [2.24, 2.45) is 0 Å². The van der Waals surface area contributed by atoms with Crippen molar-refractivity contribution < 1.29 is 13.2 Å². The van der Waals surface area contributed by atoms with Crippen molar-refractivity contribution in [3.63, 3.8) is 0 Å². The number of sulfonamides is 1. The number of nitrogens with zero attached hydrogens (tertiary/aromatic N) is 1. The zero-order valence-corrected chi connectivity index (χ0v) is 13.0. The predicted molar refractivity (Wildman–Crippen MR) is 82.6 cm³/mol. The molecule has 0 aliphatic heterocycles. The monoisotopic (exact) mass is 327 g/mol. The molecule has 2 aromatic rings. The molecule has 8 heteroatoms. The molecule has 0 amide bonds. The van der Waals surface area contributed by atoms with Gasteiger partial charge in [0.2, 0.25) is 0 Å². The molecule has 21 heavy (non-hydrogen) atoms. The minimum atomic E-state index is -3.82. The summed E-state index contributed by atoms with van der Waals surface area (Å²) in [4.78, 5) is 3.87. The quantitative estimate of drug-likeness (QED) is 0.882. The van der Waals surface area contributed by atoms with Crippen molar-refractivity contribution in [2.75, 3.05) is 24.2 Å². The van der Waals surface area contributed by atoms with Crippen LogP contribution in [0.25, 0.3) is 0 Å². The number of ether oxygens (including phenoxy) is 1. The molecule has 0 saturated heterocycles. The molecule has 0 bridgehead atoms. The third-order valence-corrected chi connectivity index (χ3v) is 4.48. The zero-order valence-electron chi connectivity index (χ0n) is 11.4. The second-order valence-electron chi connectivity index (χ2n) is 4.07. The Labute approximate surface area is 128 Å². The van der Waals surface area contributed by atoms with Crippen molar-refractivity contribution in [1.82, 2.24) is 4.98 Å². The molecule has 1 heterocycles. The first-order valence-corrected chi connectivity index (χ1v) is 7.82. The Hall–Kier alpha value is -1.99. The van der Waals surface area contributed by atoms with Gasteiger partial charge >= 0.3 is 0 Å². The Kier molecular flexibility index (Phi) is 4.54. The molecular formula is C13H14ClN3O3S. The van der Waals surface area contributed by atoms with Crippen molar-refractivity contribution >= 4 is 33.0 Å². The SMILES string of the molecule is CNc1ccncc1S(=O)(=O)Nc1cc(OC)ccc1Cl. The van der Waals surface area contributed by atoms with Gasteiger partial charge in [-0.25, -0.2) is 8.42 Å². The lowest BCUT2D eigenvalue weighted by atomic mass is 10.3. The largest absolute Gasteiger partial charge is 0.497 e. The molecule has 112 valence electrons. The fourth-order valence-electron chi connectivity index (χ4n) is 1.71. The van der Waals surface area contributed by atoms with Gasteiger partial charge in [0, 0.05) is 25.5 Å². The van der Waals surface area contributed by atoms with Gasteiger partial charge in [-0.05, 0) is 18.2 Å². The maximum atomic E-state index is 12.4. The predicted octanol–water partition coefficient (Wildman–Crippen LogP) is 2.59. The number of anilines is 2. The van der Waals surface area contributed by atoms with E-state index in [0.717, 1.165) is 0 Å².